The quantitative estimate of drug-likeness (QED) is 0.872. The van der Waals surface area contributed by atoms with Gasteiger partial charge in [-0.25, -0.2) is 4.79 Å². The molecule has 0 heterocycles. The Hall–Kier alpha value is -1.76. The molecule has 18 heavy (non-hydrogen) atoms. The van der Waals surface area contributed by atoms with Crippen LogP contribution in [0.2, 0.25) is 0 Å². The number of alkyl carbamates (subject to hydrolysis) is 1. The van der Waals surface area contributed by atoms with Gasteiger partial charge in [-0.3, -0.25) is 0 Å². The van der Waals surface area contributed by atoms with E-state index in [1.54, 1.807) is 0 Å². The number of hydrogen-bond donors (Lipinski definition) is 2. The Bertz CT molecular complexity index is 407. The molecule has 0 spiro atoms. The van der Waals surface area contributed by atoms with Crippen LogP contribution in [0.1, 0.15) is 11.1 Å². The van der Waals surface area contributed by atoms with E-state index in [0.717, 1.165) is 12.1 Å². The van der Waals surface area contributed by atoms with Gasteiger partial charge in [0.15, 0.2) is 0 Å². The van der Waals surface area contributed by atoms with E-state index in [2.05, 4.69) is 10.1 Å². The van der Waals surface area contributed by atoms with Crippen LogP contribution in [0.15, 0.2) is 24.3 Å². The van der Waals surface area contributed by atoms with Crippen LogP contribution in [0, 0.1) is 0 Å². The Morgan fingerprint density at radius 2 is 2.11 bits per heavy atom. The number of halogens is 3. The van der Waals surface area contributed by atoms with Gasteiger partial charge in [0.1, 0.15) is 6.61 Å². The number of amides is 1. The zero-order valence-corrected chi connectivity index (χ0v) is 9.33. The number of carbonyl (C=O) groups excluding carboxylic acids is 1. The predicted molar refractivity (Wildman–Crippen MR) is 56.7 cm³/mol. The highest BCUT2D eigenvalue weighted by Crippen LogP contribution is 2.29. The van der Waals surface area contributed by atoms with Crippen LogP contribution in [0.3, 0.4) is 0 Å². The third kappa shape index (κ3) is 4.62. The van der Waals surface area contributed by atoms with Gasteiger partial charge in [-0.05, 0) is 17.7 Å². The maximum atomic E-state index is 12.4. The van der Waals surface area contributed by atoms with E-state index in [4.69, 9.17) is 5.11 Å². The third-order valence-electron chi connectivity index (χ3n) is 2.02. The standard InChI is InChI=1S/C11H12F3NO3/c12-11(13,14)9-3-1-2-8(6-9)7-15-10(17)18-5-4-16/h1-3,6,16H,4-5,7H2,(H,15,17). The second-order valence-corrected chi connectivity index (χ2v) is 3.41. The highest BCUT2D eigenvalue weighted by Gasteiger charge is 2.30. The summed E-state index contributed by atoms with van der Waals surface area (Å²) in [6, 6.07) is 4.63. The van der Waals surface area contributed by atoms with E-state index in [1.807, 2.05) is 0 Å². The van der Waals surface area contributed by atoms with Crippen LogP contribution in [0.4, 0.5) is 18.0 Å². The van der Waals surface area contributed by atoms with Gasteiger partial charge in [0.2, 0.25) is 0 Å². The zero-order valence-electron chi connectivity index (χ0n) is 9.33. The van der Waals surface area contributed by atoms with Gasteiger partial charge in [-0.15, -0.1) is 0 Å². The smallest absolute Gasteiger partial charge is 0.416 e. The maximum absolute atomic E-state index is 12.4. The first-order valence-electron chi connectivity index (χ1n) is 5.11. The average molecular weight is 263 g/mol. The number of carbonyl (C=O) groups is 1. The van der Waals surface area contributed by atoms with E-state index < -0.39 is 17.8 Å². The van der Waals surface area contributed by atoms with E-state index in [-0.39, 0.29) is 19.8 Å². The van der Waals surface area contributed by atoms with E-state index in [1.165, 1.54) is 12.1 Å². The summed E-state index contributed by atoms with van der Waals surface area (Å²) in [7, 11) is 0. The molecule has 1 aromatic rings. The number of nitrogens with one attached hydrogen (secondary N) is 1. The number of aliphatic hydroxyl groups excluding tert-OH is 1. The molecule has 0 aromatic heterocycles. The molecule has 0 aliphatic rings. The van der Waals surface area contributed by atoms with Crippen LogP contribution in [0.5, 0.6) is 0 Å². The minimum absolute atomic E-state index is 0.0752. The summed E-state index contributed by atoms with van der Waals surface area (Å²) in [4.78, 5) is 11.0. The molecule has 0 radical (unpaired) electrons. The minimum Gasteiger partial charge on any atom is -0.447 e. The van der Waals surface area contributed by atoms with Crippen molar-refractivity contribution < 1.29 is 27.8 Å². The Labute approximate surface area is 101 Å². The van der Waals surface area contributed by atoms with Gasteiger partial charge >= 0.3 is 12.3 Å². The van der Waals surface area contributed by atoms with Crippen molar-refractivity contribution in [2.24, 2.45) is 0 Å². The number of aliphatic hydroxyl groups is 1. The fraction of sp³-hybridized carbons (Fsp3) is 0.364. The molecule has 1 aromatic carbocycles. The summed E-state index contributed by atoms with van der Waals surface area (Å²) in [5.74, 6) is 0. The van der Waals surface area contributed by atoms with Gasteiger partial charge in [0, 0.05) is 6.54 Å². The lowest BCUT2D eigenvalue weighted by molar-refractivity contribution is -0.137. The van der Waals surface area contributed by atoms with Crippen LogP contribution in [-0.4, -0.2) is 24.4 Å². The molecule has 4 nitrogen and oxygen atoms in total. The van der Waals surface area contributed by atoms with E-state index in [0.29, 0.717) is 5.56 Å². The van der Waals surface area contributed by atoms with Crippen molar-refractivity contribution in [2.75, 3.05) is 13.2 Å². The molecular weight excluding hydrogens is 251 g/mol. The molecule has 1 rings (SSSR count). The van der Waals surface area contributed by atoms with Crippen LogP contribution in [0.25, 0.3) is 0 Å². The molecule has 0 atom stereocenters. The van der Waals surface area contributed by atoms with Gasteiger partial charge in [0.25, 0.3) is 0 Å². The molecule has 0 unspecified atom stereocenters. The molecule has 0 bridgehead atoms. The van der Waals surface area contributed by atoms with Gasteiger partial charge in [0.05, 0.1) is 12.2 Å². The average Bonchev–Trinajstić information content (AvgIpc) is 2.33. The highest BCUT2D eigenvalue weighted by molar-refractivity contribution is 5.67. The molecule has 1 amide bonds. The summed E-state index contributed by atoms with van der Waals surface area (Å²) in [5, 5.41) is 10.7. The largest absolute Gasteiger partial charge is 0.447 e. The van der Waals surface area contributed by atoms with Crippen LogP contribution < -0.4 is 5.32 Å². The number of ether oxygens (including phenoxy) is 1. The number of alkyl halides is 3. The van der Waals surface area contributed by atoms with Crippen molar-refractivity contribution in [3.05, 3.63) is 35.4 Å². The van der Waals surface area contributed by atoms with Crippen LogP contribution in [-0.2, 0) is 17.5 Å². The summed E-state index contributed by atoms with van der Waals surface area (Å²) in [5.41, 5.74) is -0.462. The lowest BCUT2D eigenvalue weighted by atomic mass is 10.1. The topological polar surface area (TPSA) is 58.6 Å². The lowest BCUT2D eigenvalue weighted by Gasteiger charge is -2.09. The Morgan fingerprint density at radius 3 is 2.72 bits per heavy atom. The van der Waals surface area contributed by atoms with Crippen molar-refractivity contribution in [3.63, 3.8) is 0 Å². The normalized spacial score (nSPS) is 11.1. The minimum atomic E-state index is -4.41. The molecule has 0 fully saturated rings. The first-order chi connectivity index (χ1) is 8.43. The first kappa shape index (κ1) is 14.3. The second kappa shape index (κ2) is 6.25. The maximum Gasteiger partial charge on any atom is 0.416 e. The fourth-order valence-corrected chi connectivity index (χ4v) is 1.22. The van der Waals surface area contributed by atoms with Crippen molar-refractivity contribution in [2.45, 2.75) is 12.7 Å². The second-order valence-electron chi connectivity index (χ2n) is 3.41. The summed E-state index contributed by atoms with van der Waals surface area (Å²) in [6.45, 7) is -0.542. The molecule has 7 heteroatoms. The van der Waals surface area contributed by atoms with Crippen LogP contribution >= 0.6 is 0 Å². The van der Waals surface area contributed by atoms with Crippen molar-refractivity contribution in [1.82, 2.24) is 5.32 Å². The Morgan fingerprint density at radius 1 is 1.39 bits per heavy atom. The van der Waals surface area contributed by atoms with Gasteiger partial charge < -0.3 is 15.2 Å². The Kier molecular flexibility index (Phi) is 4.96. The van der Waals surface area contributed by atoms with Gasteiger partial charge in [-0.1, -0.05) is 12.1 Å². The molecule has 0 aliphatic carbocycles. The number of benzene rings is 1. The Balaban J connectivity index is 2.55. The first-order valence-corrected chi connectivity index (χ1v) is 5.11. The summed E-state index contributed by atoms with van der Waals surface area (Å²) < 4.78 is 41.7. The molecular formula is C11H12F3NO3. The molecule has 100 valence electrons. The summed E-state index contributed by atoms with van der Waals surface area (Å²) >= 11 is 0. The van der Waals surface area contributed by atoms with Gasteiger partial charge in [-0.2, -0.15) is 13.2 Å². The number of hydrogen-bond acceptors (Lipinski definition) is 3. The molecule has 0 saturated carbocycles. The predicted octanol–water partition coefficient (Wildman–Crippen LogP) is 1.92. The van der Waals surface area contributed by atoms with E-state index >= 15 is 0 Å². The number of rotatable bonds is 4. The lowest BCUT2D eigenvalue weighted by Crippen LogP contribution is -2.25. The summed E-state index contributed by atoms with van der Waals surface area (Å²) in [6.07, 6.45) is -5.20. The molecule has 2 N–H and O–H groups in total. The van der Waals surface area contributed by atoms with Crippen molar-refractivity contribution in [1.29, 1.82) is 0 Å². The molecule has 0 aliphatic heterocycles. The van der Waals surface area contributed by atoms with Crippen molar-refractivity contribution >= 4 is 6.09 Å². The molecule has 0 saturated heterocycles. The highest BCUT2D eigenvalue weighted by atomic mass is 19.4. The van der Waals surface area contributed by atoms with E-state index in [9.17, 15) is 18.0 Å². The SMILES string of the molecule is O=C(NCc1cccc(C(F)(F)F)c1)OCCO. The zero-order chi connectivity index (χ0) is 13.6. The van der Waals surface area contributed by atoms with Crippen molar-refractivity contribution in [3.8, 4) is 0 Å². The third-order valence-corrected chi connectivity index (χ3v) is 2.02. The fourth-order valence-electron chi connectivity index (χ4n) is 1.22. The monoisotopic (exact) mass is 263 g/mol.